The van der Waals surface area contributed by atoms with Crippen molar-refractivity contribution in [2.75, 3.05) is 26.9 Å². The second-order valence-corrected chi connectivity index (χ2v) is 4.92. The first-order valence-corrected chi connectivity index (χ1v) is 6.25. The van der Waals surface area contributed by atoms with Crippen LogP contribution in [0.15, 0.2) is 21.6 Å². The molecule has 0 saturated heterocycles. The van der Waals surface area contributed by atoms with Gasteiger partial charge < -0.3 is 25.2 Å². The van der Waals surface area contributed by atoms with Gasteiger partial charge in [-0.2, -0.15) is 0 Å². The zero-order valence-electron chi connectivity index (χ0n) is 10.4. The molecule has 0 bridgehead atoms. The van der Waals surface area contributed by atoms with Crippen LogP contribution in [-0.4, -0.2) is 59.1 Å². The number of phenols is 1. The van der Waals surface area contributed by atoms with E-state index in [0.29, 0.717) is 10.0 Å². The monoisotopic (exact) mass is 333 g/mol. The maximum atomic E-state index is 9.90. The van der Waals surface area contributed by atoms with Crippen LogP contribution < -0.4 is 4.74 Å². The van der Waals surface area contributed by atoms with Gasteiger partial charge in [0.1, 0.15) is 5.54 Å². The first-order chi connectivity index (χ1) is 9.01. The van der Waals surface area contributed by atoms with Crippen LogP contribution in [0.4, 0.5) is 0 Å². The number of aliphatic hydroxyl groups excluding tert-OH is 3. The van der Waals surface area contributed by atoms with Gasteiger partial charge in [-0.1, -0.05) is 15.9 Å². The molecule has 0 aliphatic heterocycles. The van der Waals surface area contributed by atoms with E-state index in [4.69, 9.17) is 20.1 Å². The van der Waals surface area contributed by atoms with Crippen molar-refractivity contribution in [2.45, 2.75) is 5.54 Å². The fourth-order valence-electron chi connectivity index (χ4n) is 1.33. The van der Waals surface area contributed by atoms with Crippen LogP contribution in [-0.2, 0) is 0 Å². The number of hydrogen-bond acceptors (Lipinski definition) is 6. The zero-order valence-corrected chi connectivity index (χ0v) is 12.0. The van der Waals surface area contributed by atoms with Crippen molar-refractivity contribution in [3.05, 3.63) is 22.2 Å². The maximum absolute atomic E-state index is 9.90. The number of phenolic OH excluding ortho intramolecular Hbond substituents is 1. The average molecular weight is 334 g/mol. The number of rotatable bonds is 6. The van der Waals surface area contributed by atoms with E-state index in [1.54, 1.807) is 12.1 Å². The largest absolute Gasteiger partial charge is 0.504 e. The third-order valence-electron chi connectivity index (χ3n) is 2.65. The predicted octanol–water partition coefficient (Wildman–Crippen LogP) is 0.298. The molecule has 0 aromatic heterocycles. The van der Waals surface area contributed by atoms with Crippen LogP contribution >= 0.6 is 15.9 Å². The molecule has 0 unspecified atom stereocenters. The average Bonchev–Trinajstić information content (AvgIpc) is 2.44. The van der Waals surface area contributed by atoms with Crippen molar-refractivity contribution >= 4 is 22.1 Å². The summed E-state index contributed by atoms with van der Waals surface area (Å²) in [6.07, 6.45) is 1.27. The fourth-order valence-corrected chi connectivity index (χ4v) is 1.78. The standard InChI is InChI=1S/C12H16BrNO5/c1-19-10-3-9(13)2-8(11(10)18)4-14-12(5-15,6-16)7-17/h2-4,15-18H,5-7H2,1H3. The van der Waals surface area contributed by atoms with Gasteiger partial charge in [-0.05, 0) is 12.1 Å². The summed E-state index contributed by atoms with van der Waals surface area (Å²) in [5.41, 5.74) is -1.03. The molecule has 0 aliphatic rings. The van der Waals surface area contributed by atoms with Gasteiger partial charge in [0, 0.05) is 16.3 Å². The van der Waals surface area contributed by atoms with Gasteiger partial charge in [0.05, 0.1) is 26.9 Å². The Hall–Kier alpha value is -1.15. The molecule has 0 aliphatic carbocycles. The number of ether oxygens (including phenoxy) is 1. The van der Waals surface area contributed by atoms with Gasteiger partial charge in [0.25, 0.3) is 0 Å². The molecule has 0 radical (unpaired) electrons. The molecule has 0 heterocycles. The van der Waals surface area contributed by atoms with E-state index in [2.05, 4.69) is 20.9 Å². The predicted molar refractivity (Wildman–Crippen MR) is 73.9 cm³/mol. The lowest BCUT2D eigenvalue weighted by atomic mass is 10.0. The summed E-state index contributed by atoms with van der Waals surface area (Å²) in [6.45, 7) is -1.53. The Bertz CT molecular complexity index is 451. The molecule has 19 heavy (non-hydrogen) atoms. The topological polar surface area (TPSA) is 103 Å². The van der Waals surface area contributed by atoms with Crippen molar-refractivity contribution in [1.82, 2.24) is 0 Å². The van der Waals surface area contributed by atoms with Gasteiger partial charge in [-0.15, -0.1) is 0 Å². The first kappa shape index (κ1) is 15.9. The Kier molecular flexibility index (Phi) is 5.74. The highest BCUT2D eigenvalue weighted by Gasteiger charge is 2.26. The number of aliphatic imine (C=N–C) groups is 1. The van der Waals surface area contributed by atoms with E-state index in [1.165, 1.54) is 13.3 Å². The van der Waals surface area contributed by atoms with Crippen molar-refractivity contribution < 1.29 is 25.2 Å². The van der Waals surface area contributed by atoms with Crippen LogP contribution in [0.25, 0.3) is 0 Å². The molecule has 1 aromatic carbocycles. The van der Waals surface area contributed by atoms with Gasteiger partial charge in [-0.25, -0.2) is 0 Å². The van der Waals surface area contributed by atoms with Gasteiger partial charge >= 0.3 is 0 Å². The van der Waals surface area contributed by atoms with Crippen LogP contribution in [0.5, 0.6) is 11.5 Å². The van der Waals surface area contributed by atoms with E-state index < -0.39 is 25.4 Å². The number of aliphatic hydroxyl groups is 3. The smallest absolute Gasteiger partial charge is 0.166 e. The maximum Gasteiger partial charge on any atom is 0.166 e. The molecule has 1 aromatic rings. The Morgan fingerprint density at radius 2 is 1.84 bits per heavy atom. The summed E-state index contributed by atoms with van der Waals surface area (Å²) in [7, 11) is 1.42. The third kappa shape index (κ3) is 3.66. The van der Waals surface area contributed by atoms with Crippen LogP contribution in [0.2, 0.25) is 0 Å². The quantitative estimate of drug-likeness (QED) is 0.561. The van der Waals surface area contributed by atoms with Crippen molar-refractivity contribution in [3.63, 3.8) is 0 Å². The highest BCUT2D eigenvalue weighted by molar-refractivity contribution is 9.10. The fraction of sp³-hybridized carbons (Fsp3) is 0.417. The Morgan fingerprint density at radius 3 is 2.32 bits per heavy atom. The van der Waals surface area contributed by atoms with E-state index in [-0.39, 0.29) is 11.5 Å². The molecule has 6 nitrogen and oxygen atoms in total. The van der Waals surface area contributed by atoms with Crippen LogP contribution in [0.1, 0.15) is 5.56 Å². The Balaban J connectivity index is 3.14. The lowest BCUT2D eigenvalue weighted by Gasteiger charge is -2.22. The first-order valence-electron chi connectivity index (χ1n) is 5.46. The van der Waals surface area contributed by atoms with Crippen LogP contribution in [0.3, 0.4) is 0 Å². The SMILES string of the molecule is COc1cc(Br)cc(C=NC(CO)(CO)CO)c1O. The Morgan fingerprint density at radius 1 is 1.26 bits per heavy atom. The van der Waals surface area contributed by atoms with Gasteiger partial charge in [0.15, 0.2) is 11.5 Å². The normalized spacial score (nSPS) is 12.1. The molecule has 7 heteroatoms. The number of hydrogen-bond donors (Lipinski definition) is 4. The lowest BCUT2D eigenvalue weighted by Crippen LogP contribution is -2.39. The molecular weight excluding hydrogens is 318 g/mol. The second kappa shape index (κ2) is 6.85. The lowest BCUT2D eigenvalue weighted by molar-refractivity contribution is 0.0718. The van der Waals surface area contributed by atoms with E-state index in [1.807, 2.05) is 0 Å². The van der Waals surface area contributed by atoms with Crippen molar-refractivity contribution in [2.24, 2.45) is 4.99 Å². The van der Waals surface area contributed by atoms with E-state index in [9.17, 15) is 5.11 Å². The van der Waals surface area contributed by atoms with Gasteiger partial charge in [0.2, 0.25) is 0 Å². The summed E-state index contributed by atoms with van der Waals surface area (Å²) in [5.74, 6) is 0.149. The number of halogens is 1. The Labute approximate surface area is 119 Å². The number of methoxy groups -OCH3 is 1. The summed E-state index contributed by atoms with van der Waals surface area (Å²) in [5, 5.41) is 37.4. The van der Waals surface area contributed by atoms with E-state index in [0.717, 1.165) is 0 Å². The summed E-state index contributed by atoms with van der Waals surface area (Å²) < 4.78 is 5.66. The molecule has 4 N–H and O–H groups in total. The van der Waals surface area contributed by atoms with Crippen molar-refractivity contribution in [3.8, 4) is 11.5 Å². The summed E-state index contributed by atoms with van der Waals surface area (Å²) in [4.78, 5) is 3.95. The second-order valence-electron chi connectivity index (χ2n) is 4.00. The van der Waals surface area contributed by atoms with Gasteiger partial charge in [-0.3, -0.25) is 4.99 Å². The minimum absolute atomic E-state index is 0.114. The van der Waals surface area contributed by atoms with E-state index >= 15 is 0 Å². The number of nitrogens with zero attached hydrogens (tertiary/aromatic N) is 1. The van der Waals surface area contributed by atoms with Crippen molar-refractivity contribution in [1.29, 1.82) is 0 Å². The summed E-state index contributed by atoms with van der Waals surface area (Å²) >= 11 is 3.26. The molecule has 0 saturated carbocycles. The van der Waals surface area contributed by atoms with Crippen LogP contribution in [0, 0.1) is 0 Å². The highest BCUT2D eigenvalue weighted by Crippen LogP contribution is 2.32. The third-order valence-corrected chi connectivity index (χ3v) is 3.11. The highest BCUT2D eigenvalue weighted by atomic mass is 79.9. The minimum Gasteiger partial charge on any atom is -0.504 e. The molecule has 0 fully saturated rings. The molecule has 0 amide bonds. The molecule has 1 rings (SSSR count). The molecule has 0 atom stereocenters. The summed E-state index contributed by atoms with van der Waals surface area (Å²) in [6, 6.07) is 3.18. The molecular formula is C12H16BrNO5. The number of aromatic hydroxyl groups is 1. The molecule has 0 spiro atoms. The number of benzene rings is 1. The molecule has 106 valence electrons. The zero-order chi connectivity index (χ0) is 14.5. The minimum atomic E-state index is -1.37.